The van der Waals surface area contributed by atoms with Gasteiger partial charge in [0.15, 0.2) is 0 Å². The molecule has 0 atom stereocenters. The van der Waals surface area contributed by atoms with Gasteiger partial charge in [-0.3, -0.25) is 4.79 Å². The largest absolute Gasteiger partial charge is 0.489 e. The monoisotopic (exact) mass is 500 g/mol. The lowest BCUT2D eigenvalue weighted by atomic mass is 10.0. The van der Waals surface area contributed by atoms with Crippen molar-refractivity contribution in [3.05, 3.63) is 47.5 Å². The van der Waals surface area contributed by atoms with Crippen molar-refractivity contribution in [1.29, 1.82) is 0 Å². The van der Waals surface area contributed by atoms with Crippen LogP contribution in [0.4, 0.5) is 5.69 Å². The topological polar surface area (TPSA) is 81.3 Å². The Balaban J connectivity index is 1.55. The van der Waals surface area contributed by atoms with Crippen LogP contribution in [0.3, 0.4) is 0 Å². The van der Waals surface area contributed by atoms with E-state index in [0.717, 1.165) is 47.1 Å². The van der Waals surface area contributed by atoms with Crippen LogP contribution in [0, 0.1) is 0 Å². The van der Waals surface area contributed by atoms with E-state index in [1.165, 1.54) is 11.1 Å². The molecule has 1 aromatic heterocycles. The van der Waals surface area contributed by atoms with Gasteiger partial charge in [0.25, 0.3) is 0 Å². The Bertz CT molecular complexity index is 1100. The van der Waals surface area contributed by atoms with Crippen LogP contribution >= 0.6 is 27.3 Å². The van der Waals surface area contributed by atoms with Gasteiger partial charge in [-0.05, 0) is 62.1 Å². The number of anilines is 1. The van der Waals surface area contributed by atoms with E-state index in [1.807, 2.05) is 36.9 Å². The van der Waals surface area contributed by atoms with Gasteiger partial charge >= 0.3 is 0 Å². The van der Waals surface area contributed by atoms with Gasteiger partial charge in [-0.25, -0.2) is 0 Å². The lowest BCUT2D eigenvalue weighted by Crippen LogP contribution is -2.33. The molecule has 1 aliphatic rings. The molecule has 2 heterocycles. The summed E-state index contributed by atoms with van der Waals surface area (Å²) >= 11 is 4.82. The molecule has 31 heavy (non-hydrogen) atoms. The molecule has 0 radical (unpaired) electrons. The van der Waals surface area contributed by atoms with Crippen LogP contribution < -0.4 is 10.5 Å². The highest BCUT2D eigenvalue weighted by Crippen LogP contribution is 2.34. The van der Waals surface area contributed by atoms with Crippen molar-refractivity contribution in [3.63, 3.8) is 0 Å². The van der Waals surface area contributed by atoms with Gasteiger partial charge < -0.3 is 15.4 Å². The fourth-order valence-corrected chi connectivity index (χ4v) is 4.88. The molecule has 3 aromatic rings. The molecule has 0 fully saturated rings. The molecular weight excluding hydrogens is 476 g/mol. The van der Waals surface area contributed by atoms with Crippen LogP contribution in [-0.4, -0.2) is 45.5 Å². The van der Waals surface area contributed by atoms with Crippen LogP contribution in [-0.2, 0) is 17.6 Å². The standard InChI is InChI=1S/C23H25BrN4O2S/c1-14(2)30-20-6-5-18(12-19(20)25)23-27-26-22(31-23)17-4-3-15-7-9-28(21(29)13-24)10-8-16(15)11-17/h3-6,11-12,14H,7-10,13,25H2,1-2H3. The lowest BCUT2D eigenvalue weighted by molar-refractivity contribution is -0.128. The minimum Gasteiger partial charge on any atom is -0.489 e. The van der Waals surface area contributed by atoms with Crippen molar-refractivity contribution in [2.75, 3.05) is 24.2 Å². The third kappa shape index (κ3) is 4.91. The lowest BCUT2D eigenvalue weighted by Gasteiger charge is -2.18. The summed E-state index contributed by atoms with van der Waals surface area (Å²) in [6, 6.07) is 12.2. The van der Waals surface area contributed by atoms with E-state index in [0.29, 0.717) is 16.8 Å². The van der Waals surface area contributed by atoms with E-state index < -0.39 is 0 Å². The van der Waals surface area contributed by atoms with Crippen LogP contribution in [0.2, 0.25) is 0 Å². The number of ether oxygens (including phenoxy) is 1. The summed E-state index contributed by atoms with van der Waals surface area (Å²) in [6.45, 7) is 5.45. The number of carbonyl (C=O) groups excluding carboxylic acids is 1. The Labute approximate surface area is 194 Å². The number of aromatic nitrogens is 2. The highest BCUT2D eigenvalue weighted by Gasteiger charge is 2.19. The third-order valence-corrected chi connectivity index (χ3v) is 6.77. The van der Waals surface area contributed by atoms with Gasteiger partial charge in [-0.15, -0.1) is 10.2 Å². The molecule has 4 rings (SSSR count). The quantitative estimate of drug-likeness (QED) is 0.410. The van der Waals surface area contributed by atoms with Crippen molar-refractivity contribution in [2.45, 2.75) is 32.8 Å². The first kappa shape index (κ1) is 21.8. The molecular formula is C23H25BrN4O2S. The Morgan fingerprint density at radius 2 is 1.74 bits per heavy atom. The maximum Gasteiger partial charge on any atom is 0.233 e. The number of fused-ring (bicyclic) bond motifs is 1. The summed E-state index contributed by atoms with van der Waals surface area (Å²) in [6.07, 6.45) is 1.79. The number of hydrogen-bond donors (Lipinski definition) is 1. The summed E-state index contributed by atoms with van der Waals surface area (Å²) in [5, 5.41) is 10.9. The highest BCUT2D eigenvalue weighted by molar-refractivity contribution is 9.09. The fraction of sp³-hybridized carbons (Fsp3) is 0.348. The molecule has 0 saturated heterocycles. The number of amides is 1. The first-order valence-corrected chi connectivity index (χ1v) is 12.2. The average Bonchev–Trinajstić information content (AvgIpc) is 3.15. The molecule has 2 N–H and O–H groups in total. The molecule has 1 aliphatic heterocycles. The summed E-state index contributed by atoms with van der Waals surface area (Å²) in [5.74, 6) is 0.826. The van der Waals surface area contributed by atoms with Crippen molar-refractivity contribution in [3.8, 4) is 26.9 Å². The average molecular weight is 501 g/mol. The minimum atomic E-state index is 0.0687. The number of nitrogen functional groups attached to an aromatic ring is 1. The van der Waals surface area contributed by atoms with E-state index in [2.05, 4.69) is 44.3 Å². The number of nitrogens with zero attached hydrogens (tertiary/aromatic N) is 3. The van der Waals surface area contributed by atoms with Crippen LogP contribution in [0.5, 0.6) is 5.75 Å². The second kappa shape index (κ2) is 9.36. The first-order chi connectivity index (χ1) is 14.9. The number of halogens is 1. The molecule has 0 spiro atoms. The predicted molar refractivity (Wildman–Crippen MR) is 129 cm³/mol. The number of benzene rings is 2. The van der Waals surface area contributed by atoms with Gasteiger partial charge in [-0.2, -0.15) is 0 Å². The highest BCUT2D eigenvalue weighted by atomic mass is 79.9. The molecule has 8 heteroatoms. The molecule has 0 bridgehead atoms. The van der Waals surface area contributed by atoms with E-state index in [4.69, 9.17) is 10.5 Å². The summed E-state index contributed by atoms with van der Waals surface area (Å²) < 4.78 is 5.72. The van der Waals surface area contributed by atoms with Gasteiger partial charge in [0.05, 0.1) is 17.1 Å². The van der Waals surface area contributed by atoms with E-state index >= 15 is 0 Å². The van der Waals surface area contributed by atoms with Crippen LogP contribution in [0.1, 0.15) is 25.0 Å². The summed E-state index contributed by atoms with van der Waals surface area (Å²) in [4.78, 5) is 14.0. The Morgan fingerprint density at radius 1 is 1.10 bits per heavy atom. The number of rotatable bonds is 5. The molecule has 0 aliphatic carbocycles. The zero-order valence-corrected chi connectivity index (χ0v) is 20.0. The maximum atomic E-state index is 12.0. The van der Waals surface area contributed by atoms with Gasteiger partial charge in [0.1, 0.15) is 15.8 Å². The van der Waals surface area contributed by atoms with Crippen molar-refractivity contribution in [2.24, 2.45) is 0 Å². The third-order valence-electron chi connectivity index (χ3n) is 5.27. The molecule has 162 valence electrons. The van der Waals surface area contributed by atoms with E-state index in [-0.39, 0.29) is 12.0 Å². The first-order valence-electron chi connectivity index (χ1n) is 10.3. The second-order valence-corrected chi connectivity index (χ2v) is 9.37. The molecule has 6 nitrogen and oxygen atoms in total. The van der Waals surface area contributed by atoms with Crippen LogP contribution in [0.15, 0.2) is 36.4 Å². The summed E-state index contributed by atoms with van der Waals surface area (Å²) in [7, 11) is 0. The number of alkyl halides is 1. The minimum absolute atomic E-state index is 0.0687. The second-order valence-electron chi connectivity index (χ2n) is 7.83. The smallest absolute Gasteiger partial charge is 0.233 e. The predicted octanol–water partition coefficient (Wildman–Crippen LogP) is 4.56. The molecule has 0 saturated carbocycles. The Hall–Kier alpha value is -2.45. The van der Waals surface area contributed by atoms with Crippen molar-refractivity contribution < 1.29 is 9.53 Å². The van der Waals surface area contributed by atoms with Gasteiger partial charge in [-0.1, -0.05) is 39.4 Å². The van der Waals surface area contributed by atoms with E-state index in [1.54, 1.807) is 11.3 Å². The number of carbonyl (C=O) groups is 1. The van der Waals surface area contributed by atoms with Crippen molar-refractivity contribution >= 4 is 38.9 Å². The number of hydrogen-bond acceptors (Lipinski definition) is 6. The van der Waals surface area contributed by atoms with Gasteiger partial charge in [0.2, 0.25) is 5.91 Å². The Morgan fingerprint density at radius 3 is 2.39 bits per heavy atom. The van der Waals surface area contributed by atoms with Gasteiger partial charge in [0, 0.05) is 24.2 Å². The SMILES string of the molecule is CC(C)Oc1ccc(-c2nnc(-c3ccc4c(c3)CCN(C(=O)CBr)CC4)s2)cc1N. The normalized spacial score (nSPS) is 13.7. The molecule has 1 amide bonds. The summed E-state index contributed by atoms with van der Waals surface area (Å²) in [5.41, 5.74) is 11.3. The zero-order chi connectivity index (χ0) is 22.0. The number of nitrogens with two attached hydrogens (primary N) is 1. The van der Waals surface area contributed by atoms with Crippen molar-refractivity contribution in [1.82, 2.24) is 15.1 Å². The Kier molecular flexibility index (Phi) is 6.57. The van der Waals surface area contributed by atoms with Crippen LogP contribution in [0.25, 0.3) is 21.1 Å². The fourth-order valence-electron chi connectivity index (χ4n) is 3.69. The van der Waals surface area contributed by atoms with E-state index in [9.17, 15) is 4.79 Å². The molecule has 2 aromatic carbocycles. The maximum absolute atomic E-state index is 12.0. The zero-order valence-electron chi connectivity index (χ0n) is 17.6. The molecule has 0 unspecified atom stereocenters.